The van der Waals surface area contributed by atoms with Crippen LogP contribution in [0.5, 0.6) is 0 Å². The lowest BCUT2D eigenvalue weighted by Crippen LogP contribution is -2.22. The number of benzene rings is 3. The van der Waals surface area contributed by atoms with Crippen molar-refractivity contribution in [2.75, 3.05) is 6.54 Å². The number of aryl methyl sites for hydroxylation is 2. The summed E-state index contributed by atoms with van der Waals surface area (Å²) in [4.78, 5) is 4.65. The number of allylic oxidation sites excluding steroid dienone is 6. The van der Waals surface area contributed by atoms with E-state index in [1.807, 2.05) is 20.1 Å². The molecule has 0 radical (unpaired) electrons. The van der Waals surface area contributed by atoms with E-state index >= 15 is 0 Å². The monoisotopic (exact) mass is 586 g/mol. The van der Waals surface area contributed by atoms with E-state index in [1.165, 1.54) is 75.8 Å². The molecule has 0 atom stereocenters. The van der Waals surface area contributed by atoms with Crippen molar-refractivity contribution in [2.24, 2.45) is 4.99 Å². The molecule has 1 heterocycles. The van der Waals surface area contributed by atoms with Crippen LogP contribution >= 0.6 is 0 Å². The maximum Gasteiger partial charge on any atom is 0.0786 e. The Bertz CT molecular complexity index is 1480. The lowest BCUT2D eigenvalue weighted by atomic mass is 9.74. The summed E-state index contributed by atoms with van der Waals surface area (Å²) in [7, 11) is 0. The van der Waals surface area contributed by atoms with Crippen LogP contribution in [0, 0.1) is 6.92 Å². The predicted molar refractivity (Wildman–Crippen MR) is 194 cm³/mol. The molecule has 44 heavy (non-hydrogen) atoms. The molecule has 2 heteroatoms. The van der Waals surface area contributed by atoms with Crippen molar-refractivity contribution in [3.05, 3.63) is 148 Å². The van der Waals surface area contributed by atoms with Gasteiger partial charge in [0.25, 0.3) is 0 Å². The van der Waals surface area contributed by atoms with Gasteiger partial charge in [-0.3, -0.25) is 4.99 Å². The number of rotatable bonds is 7. The van der Waals surface area contributed by atoms with E-state index in [4.69, 9.17) is 0 Å². The van der Waals surface area contributed by atoms with Crippen molar-refractivity contribution < 1.29 is 0 Å². The molecular formula is C42H54N2. The highest BCUT2D eigenvalue weighted by Crippen LogP contribution is 2.45. The minimum Gasteiger partial charge on any atom is -0.383 e. The normalized spacial score (nSPS) is 19.7. The third kappa shape index (κ3) is 9.29. The van der Waals surface area contributed by atoms with Crippen LogP contribution in [0.2, 0.25) is 0 Å². The second-order valence-electron chi connectivity index (χ2n) is 11.9. The van der Waals surface area contributed by atoms with Crippen molar-refractivity contribution in [2.45, 2.75) is 92.5 Å². The standard InChI is InChI=1S/C26H30N2.C14H18.C2H6/c1-5-22-10-8-11-23(14-22)17-28-25-15-24(26-12-7-6-9-19(26)2)13-20(3)21(4)16-27-18-25;1-12(2)14(10-6-7-11-14)13-8-4-3-5-9-13;1-2/h6-16,28H,5,17-18H2,1-4H3;3-5,8-9H,1,6-7,10-11H2,2H3;1-2H3/b21-20+,24-13+,25-15+,27-16?;;. The van der Waals surface area contributed by atoms with E-state index in [0.717, 1.165) is 18.7 Å². The summed E-state index contributed by atoms with van der Waals surface area (Å²) < 4.78 is 0. The predicted octanol–water partition coefficient (Wildman–Crippen LogP) is 11.1. The molecule has 0 unspecified atom stereocenters. The Hall–Kier alpha value is -3.91. The molecule has 1 aliphatic heterocycles. The maximum atomic E-state index is 4.65. The molecular weight excluding hydrogens is 532 g/mol. The molecule has 0 spiro atoms. The Labute approximate surface area is 268 Å². The van der Waals surface area contributed by atoms with Crippen LogP contribution in [-0.2, 0) is 18.4 Å². The van der Waals surface area contributed by atoms with Crippen molar-refractivity contribution in [1.29, 1.82) is 0 Å². The molecule has 0 bridgehead atoms. The average molecular weight is 587 g/mol. The highest BCUT2D eigenvalue weighted by atomic mass is 14.9. The quantitative estimate of drug-likeness (QED) is 0.274. The fourth-order valence-corrected chi connectivity index (χ4v) is 6.04. The Balaban J connectivity index is 0.000000276. The smallest absolute Gasteiger partial charge is 0.0786 e. The number of aliphatic imine (C=N–C) groups is 1. The van der Waals surface area contributed by atoms with Gasteiger partial charge < -0.3 is 5.32 Å². The summed E-state index contributed by atoms with van der Waals surface area (Å²) in [5.74, 6) is 0. The molecule has 232 valence electrons. The SMILES string of the molecule is C=C(C)C1(c2ccccc2)CCCC1.CC.CCc1cccc(CN/C2=C/C(c3ccccc3C)=C\C(C)=C(/C)C=NC2)c1. The lowest BCUT2D eigenvalue weighted by Gasteiger charge is -2.30. The number of hydrogen-bond acceptors (Lipinski definition) is 2. The third-order valence-electron chi connectivity index (χ3n) is 8.85. The summed E-state index contributed by atoms with van der Waals surface area (Å²) in [6.07, 6.45) is 12.8. The molecule has 3 aromatic carbocycles. The van der Waals surface area contributed by atoms with Crippen molar-refractivity contribution in [3.8, 4) is 0 Å². The van der Waals surface area contributed by atoms with Gasteiger partial charge in [0.05, 0.1) is 6.54 Å². The van der Waals surface area contributed by atoms with Crippen LogP contribution in [-0.4, -0.2) is 12.8 Å². The van der Waals surface area contributed by atoms with E-state index in [2.05, 4.69) is 143 Å². The van der Waals surface area contributed by atoms with Crippen LogP contribution < -0.4 is 5.32 Å². The molecule has 3 aromatic rings. The summed E-state index contributed by atoms with van der Waals surface area (Å²) in [6.45, 7) is 20.5. The van der Waals surface area contributed by atoms with Gasteiger partial charge in [-0.1, -0.05) is 131 Å². The lowest BCUT2D eigenvalue weighted by molar-refractivity contribution is 0.524. The zero-order valence-electron chi connectivity index (χ0n) is 28.3. The van der Waals surface area contributed by atoms with Gasteiger partial charge >= 0.3 is 0 Å². The van der Waals surface area contributed by atoms with Gasteiger partial charge in [-0.2, -0.15) is 0 Å². The van der Waals surface area contributed by atoms with Gasteiger partial charge in [-0.15, -0.1) is 0 Å². The van der Waals surface area contributed by atoms with Gasteiger partial charge in [0.15, 0.2) is 0 Å². The van der Waals surface area contributed by atoms with E-state index in [1.54, 1.807) is 0 Å². The first kappa shape index (κ1) is 34.6. The zero-order chi connectivity index (χ0) is 32.0. The first-order chi connectivity index (χ1) is 21.3. The van der Waals surface area contributed by atoms with Crippen molar-refractivity contribution in [1.82, 2.24) is 5.32 Å². The summed E-state index contributed by atoms with van der Waals surface area (Å²) >= 11 is 0. The first-order valence-corrected chi connectivity index (χ1v) is 16.5. The molecule has 0 aromatic heterocycles. The Morgan fingerprint density at radius 3 is 2.14 bits per heavy atom. The molecule has 0 amide bonds. The molecule has 2 nitrogen and oxygen atoms in total. The van der Waals surface area contributed by atoms with E-state index in [0.29, 0.717) is 12.0 Å². The van der Waals surface area contributed by atoms with Crippen molar-refractivity contribution in [3.63, 3.8) is 0 Å². The highest BCUT2D eigenvalue weighted by Gasteiger charge is 2.35. The summed E-state index contributed by atoms with van der Waals surface area (Å²) in [5, 5.41) is 3.62. The number of nitrogens with one attached hydrogen (secondary N) is 1. The second kappa shape index (κ2) is 17.4. The Morgan fingerprint density at radius 1 is 0.818 bits per heavy atom. The first-order valence-electron chi connectivity index (χ1n) is 16.5. The van der Waals surface area contributed by atoms with Gasteiger partial charge in [-0.25, -0.2) is 0 Å². The van der Waals surface area contributed by atoms with Crippen LogP contribution in [0.4, 0.5) is 0 Å². The maximum absolute atomic E-state index is 4.65. The highest BCUT2D eigenvalue weighted by molar-refractivity contribution is 5.84. The van der Waals surface area contributed by atoms with Gasteiger partial charge in [0, 0.05) is 23.9 Å². The summed E-state index contributed by atoms with van der Waals surface area (Å²) in [6, 6.07) is 28.2. The van der Waals surface area contributed by atoms with Crippen LogP contribution in [0.3, 0.4) is 0 Å². The Morgan fingerprint density at radius 2 is 1.48 bits per heavy atom. The zero-order valence-corrected chi connectivity index (χ0v) is 28.3. The van der Waals surface area contributed by atoms with E-state index in [-0.39, 0.29) is 0 Å². The van der Waals surface area contributed by atoms with Crippen molar-refractivity contribution >= 4 is 11.8 Å². The topological polar surface area (TPSA) is 24.4 Å². The molecule has 5 rings (SSSR count). The largest absolute Gasteiger partial charge is 0.383 e. The van der Waals surface area contributed by atoms with E-state index in [9.17, 15) is 0 Å². The molecule has 0 saturated heterocycles. The second-order valence-corrected chi connectivity index (χ2v) is 11.9. The van der Waals surface area contributed by atoms with Crippen LogP contribution in [0.25, 0.3) is 5.57 Å². The van der Waals surface area contributed by atoms with Gasteiger partial charge in [-0.05, 0) is 97.6 Å². The van der Waals surface area contributed by atoms with Gasteiger partial charge in [0.1, 0.15) is 0 Å². The Kier molecular flexibility index (Phi) is 13.7. The molecule has 1 fully saturated rings. The fraction of sp³-hybridized carbons (Fsp3) is 0.357. The minimum atomic E-state index is 0.293. The number of nitrogens with zero attached hydrogens (tertiary/aromatic N) is 1. The average Bonchev–Trinajstić information content (AvgIpc) is 3.58. The van der Waals surface area contributed by atoms with Gasteiger partial charge in [0.2, 0.25) is 0 Å². The minimum absolute atomic E-state index is 0.293. The van der Waals surface area contributed by atoms with Crippen LogP contribution in [0.15, 0.2) is 125 Å². The number of hydrogen-bond donors (Lipinski definition) is 1. The molecule has 1 aliphatic carbocycles. The fourth-order valence-electron chi connectivity index (χ4n) is 6.04. The molecule has 2 aliphatic rings. The van der Waals surface area contributed by atoms with Crippen LogP contribution in [0.1, 0.15) is 95.0 Å². The molecule has 1 N–H and O–H groups in total. The third-order valence-corrected chi connectivity index (χ3v) is 8.85. The summed E-state index contributed by atoms with van der Waals surface area (Å²) in [5.41, 5.74) is 13.1. The van der Waals surface area contributed by atoms with E-state index < -0.39 is 0 Å². The molecule has 1 saturated carbocycles.